The molecule has 0 aliphatic heterocycles. The first-order valence-corrected chi connectivity index (χ1v) is 6.19. The second-order valence-corrected chi connectivity index (χ2v) is 4.60. The topological polar surface area (TPSA) is 68.3 Å². The molecule has 100 valence electrons. The first-order chi connectivity index (χ1) is 9.00. The van der Waals surface area contributed by atoms with Crippen molar-refractivity contribution >= 4 is 11.6 Å². The van der Waals surface area contributed by atoms with Crippen molar-refractivity contribution in [2.45, 2.75) is 27.3 Å². The van der Waals surface area contributed by atoms with Gasteiger partial charge in [-0.2, -0.15) is 0 Å². The van der Waals surface area contributed by atoms with E-state index in [4.69, 9.17) is 10.2 Å². The molecular weight excluding hydrogens is 240 g/mol. The highest BCUT2D eigenvalue weighted by Gasteiger charge is 2.18. The van der Waals surface area contributed by atoms with Crippen LogP contribution in [-0.4, -0.2) is 5.91 Å². The van der Waals surface area contributed by atoms with E-state index in [0.717, 1.165) is 16.9 Å². The van der Waals surface area contributed by atoms with Crippen LogP contribution < -0.4 is 11.1 Å². The number of para-hydroxylation sites is 1. The van der Waals surface area contributed by atoms with Gasteiger partial charge in [-0.05, 0) is 32.4 Å². The van der Waals surface area contributed by atoms with Gasteiger partial charge in [0.05, 0.1) is 5.56 Å². The van der Waals surface area contributed by atoms with Crippen molar-refractivity contribution in [2.75, 3.05) is 5.73 Å². The van der Waals surface area contributed by atoms with Gasteiger partial charge in [0.25, 0.3) is 5.91 Å². The number of nitrogen functional groups attached to an aromatic ring is 1. The van der Waals surface area contributed by atoms with Gasteiger partial charge in [0, 0.05) is 17.8 Å². The summed E-state index contributed by atoms with van der Waals surface area (Å²) in [6.45, 7) is 5.95. The van der Waals surface area contributed by atoms with Crippen molar-refractivity contribution in [1.29, 1.82) is 0 Å². The average molecular weight is 258 g/mol. The van der Waals surface area contributed by atoms with Gasteiger partial charge < -0.3 is 15.5 Å². The Kier molecular flexibility index (Phi) is 3.60. The largest absolute Gasteiger partial charge is 0.466 e. The zero-order chi connectivity index (χ0) is 14.0. The summed E-state index contributed by atoms with van der Waals surface area (Å²) in [5.74, 6) is 1.30. The minimum atomic E-state index is -0.130. The number of rotatable bonds is 3. The van der Waals surface area contributed by atoms with Crippen molar-refractivity contribution in [3.63, 3.8) is 0 Å². The zero-order valence-electron chi connectivity index (χ0n) is 11.4. The predicted molar refractivity (Wildman–Crippen MR) is 74.9 cm³/mol. The zero-order valence-corrected chi connectivity index (χ0v) is 11.4. The number of aryl methyl sites for hydroxylation is 2. The number of amides is 1. The van der Waals surface area contributed by atoms with Gasteiger partial charge in [-0.1, -0.05) is 18.2 Å². The fourth-order valence-electron chi connectivity index (χ4n) is 2.09. The van der Waals surface area contributed by atoms with E-state index in [1.807, 2.05) is 38.1 Å². The van der Waals surface area contributed by atoms with Crippen molar-refractivity contribution in [1.82, 2.24) is 5.32 Å². The highest BCUT2D eigenvalue weighted by molar-refractivity contribution is 5.96. The van der Waals surface area contributed by atoms with Crippen LogP contribution in [-0.2, 0) is 6.54 Å². The molecule has 1 aromatic carbocycles. The monoisotopic (exact) mass is 258 g/mol. The molecule has 1 heterocycles. The van der Waals surface area contributed by atoms with E-state index in [-0.39, 0.29) is 5.91 Å². The quantitative estimate of drug-likeness (QED) is 0.832. The number of carbonyl (C=O) groups is 1. The van der Waals surface area contributed by atoms with Gasteiger partial charge in [-0.25, -0.2) is 0 Å². The van der Waals surface area contributed by atoms with Crippen LogP contribution in [0.3, 0.4) is 0 Å². The normalized spacial score (nSPS) is 10.5. The van der Waals surface area contributed by atoms with Gasteiger partial charge in [0.15, 0.2) is 0 Å². The standard InChI is InChI=1S/C15H18N2O2/c1-9-10(2)19-11(3)14(9)15(18)17-8-12-6-4-5-7-13(12)16/h4-7H,8,16H2,1-3H3,(H,17,18). The second kappa shape index (κ2) is 5.18. The third kappa shape index (κ3) is 2.62. The maximum absolute atomic E-state index is 12.2. The lowest BCUT2D eigenvalue weighted by molar-refractivity contribution is 0.0949. The number of carbonyl (C=O) groups excluding carboxylic acids is 1. The molecule has 0 fully saturated rings. The molecule has 2 aromatic rings. The van der Waals surface area contributed by atoms with Crippen LogP contribution in [0.1, 0.15) is 33.0 Å². The highest BCUT2D eigenvalue weighted by Crippen LogP contribution is 2.20. The van der Waals surface area contributed by atoms with Gasteiger partial charge in [0.2, 0.25) is 0 Å². The van der Waals surface area contributed by atoms with E-state index >= 15 is 0 Å². The molecule has 4 nitrogen and oxygen atoms in total. The summed E-state index contributed by atoms with van der Waals surface area (Å²) >= 11 is 0. The Morgan fingerprint density at radius 2 is 1.89 bits per heavy atom. The van der Waals surface area contributed by atoms with E-state index in [1.54, 1.807) is 6.92 Å². The molecule has 0 saturated heterocycles. The molecule has 1 amide bonds. The molecule has 0 saturated carbocycles. The van der Waals surface area contributed by atoms with Crippen molar-refractivity contribution in [3.8, 4) is 0 Å². The summed E-state index contributed by atoms with van der Waals surface area (Å²) < 4.78 is 5.46. The van der Waals surface area contributed by atoms with Crippen LogP contribution in [0.25, 0.3) is 0 Å². The number of benzene rings is 1. The summed E-state index contributed by atoms with van der Waals surface area (Å²) in [6.07, 6.45) is 0. The highest BCUT2D eigenvalue weighted by atomic mass is 16.3. The Bertz CT molecular complexity index is 615. The average Bonchev–Trinajstić information content (AvgIpc) is 2.62. The third-order valence-corrected chi connectivity index (χ3v) is 3.28. The number of furan rings is 1. The van der Waals surface area contributed by atoms with E-state index in [0.29, 0.717) is 23.6 Å². The van der Waals surface area contributed by atoms with E-state index in [9.17, 15) is 4.79 Å². The smallest absolute Gasteiger partial charge is 0.255 e. The molecule has 0 radical (unpaired) electrons. The minimum absolute atomic E-state index is 0.130. The molecule has 0 aliphatic rings. The third-order valence-electron chi connectivity index (χ3n) is 3.28. The van der Waals surface area contributed by atoms with Crippen molar-refractivity contribution in [2.24, 2.45) is 0 Å². The molecular formula is C15H18N2O2. The second-order valence-electron chi connectivity index (χ2n) is 4.60. The number of hydrogen-bond acceptors (Lipinski definition) is 3. The molecule has 19 heavy (non-hydrogen) atoms. The predicted octanol–water partition coefficient (Wildman–Crippen LogP) is 2.72. The first kappa shape index (κ1) is 13.2. The van der Waals surface area contributed by atoms with Gasteiger partial charge in [-0.3, -0.25) is 4.79 Å². The van der Waals surface area contributed by atoms with Crippen molar-refractivity contribution in [3.05, 3.63) is 52.5 Å². The SMILES string of the molecule is Cc1oc(C)c(C(=O)NCc2ccccc2N)c1C. The molecule has 3 N–H and O–H groups in total. The van der Waals surface area contributed by atoms with Crippen LogP contribution >= 0.6 is 0 Å². The number of nitrogens with one attached hydrogen (secondary N) is 1. The van der Waals surface area contributed by atoms with Crippen LogP contribution in [0.15, 0.2) is 28.7 Å². The van der Waals surface area contributed by atoms with Gasteiger partial charge in [0.1, 0.15) is 11.5 Å². The van der Waals surface area contributed by atoms with Crippen LogP contribution in [0.4, 0.5) is 5.69 Å². The van der Waals surface area contributed by atoms with E-state index < -0.39 is 0 Å². The Labute approximate surface area is 112 Å². The molecule has 0 unspecified atom stereocenters. The van der Waals surface area contributed by atoms with Crippen LogP contribution in [0.5, 0.6) is 0 Å². The van der Waals surface area contributed by atoms with Gasteiger partial charge >= 0.3 is 0 Å². The van der Waals surface area contributed by atoms with Crippen LogP contribution in [0, 0.1) is 20.8 Å². The molecule has 1 aromatic heterocycles. The molecule has 2 rings (SSSR count). The Balaban J connectivity index is 2.12. The molecule has 0 atom stereocenters. The summed E-state index contributed by atoms with van der Waals surface area (Å²) in [5.41, 5.74) is 8.93. The summed E-state index contributed by atoms with van der Waals surface area (Å²) in [4.78, 5) is 12.2. The Morgan fingerprint density at radius 1 is 1.21 bits per heavy atom. The van der Waals surface area contributed by atoms with Crippen LogP contribution in [0.2, 0.25) is 0 Å². The lowest BCUT2D eigenvalue weighted by Crippen LogP contribution is -2.24. The number of anilines is 1. The number of nitrogens with two attached hydrogens (primary N) is 1. The van der Waals surface area contributed by atoms with Crippen molar-refractivity contribution < 1.29 is 9.21 Å². The van der Waals surface area contributed by atoms with E-state index in [2.05, 4.69) is 5.32 Å². The summed E-state index contributed by atoms with van der Waals surface area (Å²) in [5, 5.41) is 2.87. The molecule has 4 heteroatoms. The fraction of sp³-hybridized carbons (Fsp3) is 0.267. The molecule has 0 spiro atoms. The fourth-order valence-corrected chi connectivity index (χ4v) is 2.09. The minimum Gasteiger partial charge on any atom is -0.466 e. The summed E-state index contributed by atoms with van der Waals surface area (Å²) in [7, 11) is 0. The lowest BCUT2D eigenvalue weighted by Gasteiger charge is -2.07. The maximum atomic E-state index is 12.2. The lowest BCUT2D eigenvalue weighted by atomic mass is 10.1. The molecule has 0 bridgehead atoms. The van der Waals surface area contributed by atoms with E-state index in [1.165, 1.54) is 0 Å². The van der Waals surface area contributed by atoms with Gasteiger partial charge in [-0.15, -0.1) is 0 Å². The Morgan fingerprint density at radius 3 is 2.47 bits per heavy atom. The Hall–Kier alpha value is -2.23. The number of hydrogen-bond donors (Lipinski definition) is 2. The molecule has 0 aliphatic carbocycles. The maximum Gasteiger partial charge on any atom is 0.255 e. The summed E-state index contributed by atoms with van der Waals surface area (Å²) in [6, 6.07) is 7.49. The first-order valence-electron chi connectivity index (χ1n) is 6.19.